The highest BCUT2D eigenvalue weighted by Crippen LogP contribution is 2.49. The maximum atomic E-state index is 12.5. The number of aromatic nitrogens is 1. The minimum absolute atomic E-state index is 0.214. The number of fused-ring (bicyclic) bond motifs is 6. The third-order valence-electron chi connectivity index (χ3n) is 6.27. The molecular weight excluding hydrogens is 432 g/mol. The second-order valence-electron chi connectivity index (χ2n) is 8.08. The Kier molecular flexibility index (Phi) is 6.39. The SMILES string of the molecule is COCCCOc1ccc2c(c1)C1C(OC)N(C(=O)O)CCC1n1cc(C(=O)O)c(=O)cc1-2. The second-order valence-corrected chi connectivity index (χ2v) is 8.08. The highest BCUT2D eigenvalue weighted by atomic mass is 16.5. The predicted molar refractivity (Wildman–Crippen MR) is 117 cm³/mol. The number of hydrogen-bond acceptors (Lipinski definition) is 6. The molecule has 2 aliphatic rings. The van der Waals surface area contributed by atoms with E-state index in [1.54, 1.807) is 17.7 Å². The predicted octanol–water partition coefficient (Wildman–Crippen LogP) is 2.62. The van der Waals surface area contributed by atoms with E-state index in [9.17, 15) is 24.6 Å². The molecule has 0 radical (unpaired) electrons. The number of aromatic carboxylic acids is 1. The van der Waals surface area contributed by atoms with E-state index in [-0.39, 0.29) is 18.2 Å². The van der Waals surface area contributed by atoms with Crippen LogP contribution in [-0.4, -0.2) is 71.9 Å². The molecule has 176 valence electrons. The minimum Gasteiger partial charge on any atom is -0.493 e. The fourth-order valence-electron chi connectivity index (χ4n) is 4.85. The van der Waals surface area contributed by atoms with Crippen molar-refractivity contribution >= 4 is 12.1 Å². The lowest BCUT2D eigenvalue weighted by Crippen LogP contribution is -2.52. The summed E-state index contributed by atoms with van der Waals surface area (Å²) in [6, 6.07) is 6.50. The van der Waals surface area contributed by atoms with Crippen molar-refractivity contribution in [3.63, 3.8) is 0 Å². The van der Waals surface area contributed by atoms with Crippen molar-refractivity contribution in [2.24, 2.45) is 0 Å². The Hall–Kier alpha value is -3.37. The molecule has 0 aliphatic carbocycles. The van der Waals surface area contributed by atoms with Crippen molar-refractivity contribution in [2.75, 3.05) is 34.0 Å². The first kappa shape index (κ1) is 22.8. The molecule has 1 fully saturated rings. The molecule has 0 spiro atoms. The first-order chi connectivity index (χ1) is 15.9. The number of nitrogens with zero attached hydrogens (tertiary/aromatic N) is 2. The lowest BCUT2D eigenvalue weighted by atomic mass is 9.77. The number of benzene rings is 1. The molecule has 10 nitrogen and oxygen atoms in total. The number of ether oxygens (including phenoxy) is 3. The van der Waals surface area contributed by atoms with Gasteiger partial charge in [-0.05, 0) is 30.2 Å². The summed E-state index contributed by atoms with van der Waals surface area (Å²) in [4.78, 5) is 37.3. The molecule has 33 heavy (non-hydrogen) atoms. The van der Waals surface area contributed by atoms with Gasteiger partial charge in [-0.3, -0.25) is 9.69 Å². The van der Waals surface area contributed by atoms with Crippen LogP contribution in [0.25, 0.3) is 11.3 Å². The van der Waals surface area contributed by atoms with Crippen LogP contribution in [0.3, 0.4) is 0 Å². The smallest absolute Gasteiger partial charge is 0.409 e. The summed E-state index contributed by atoms with van der Waals surface area (Å²) in [5.74, 6) is -1.11. The fraction of sp³-hybridized carbons (Fsp3) is 0.435. The average molecular weight is 458 g/mol. The van der Waals surface area contributed by atoms with Crippen LogP contribution in [0.4, 0.5) is 4.79 Å². The van der Waals surface area contributed by atoms with Crippen LogP contribution in [0.5, 0.6) is 5.75 Å². The van der Waals surface area contributed by atoms with Gasteiger partial charge in [0.15, 0.2) is 5.43 Å². The van der Waals surface area contributed by atoms with Crippen LogP contribution in [-0.2, 0) is 9.47 Å². The summed E-state index contributed by atoms with van der Waals surface area (Å²) in [6.07, 6.45) is 0.627. The second kappa shape index (κ2) is 9.24. The topological polar surface area (TPSA) is 128 Å². The zero-order valence-corrected chi connectivity index (χ0v) is 18.4. The number of hydrogen-bond donors (Lipinski definition) is 2. The van der Waals surface area contributed by atoms with Crippen LogP contribution in [0.2, 0.25) is 0 Å². The van der Waals surface area contributed by atoms with Gasteiger partial charge in [0.1, 0.15) is 17.5 Å². The van der Waals surface area contributed by atoms with Gasteiger partial charge < -0.3 is 29.0 Å². The number of piperidine rings is 1. The van der Waals surface area contributed by atoms with Gasteiger partial charge in [-0.1, -0.05) is 0 Å². The van der Waals surface area contributed by atoms with E-state index >= 15 is 0 Å². The molecule has 10 heteroatoms. The third-order valence-corrected chi connectivity index (χ3v) is 6.27. The van der Waals surface area contributed by atoms with E-state index in [4.69, 9.17) is 14.2 Å². The van der Waals surface area contributed by atoms with Gasteiger partial charge in [-0.15, -0.1) is 0 Å². The van der Waals surface area contributed by atoms with Crippen LogP contribution >= 0.6 is 0 Å². The third kappa shape index (κ3) is 4.07. The lowest BCUT2D eigenvalue weighted by Gasteiger charge is -2.47. The van der Waals surface area contributed by atoms with Gasteiger partial charge in [0, 0.05) is 57.7 Å². The molecule has 3 heterocycles. The Bertz CT molecular complexity index is 1130. The zero-order valence-electron chi connectivity index (χ0n) is 18.4. The van der Waals surface area contributed by atoms with Crippen LogP contribution < -0.4 is 10.2 Å². The van der Waals surface area contributed by atoms with Crippen molar-refractivity contribution in [3.8, 4) is 17.0 Å². The van der Waals surface area contributed by atoms with Crippen molar-refractivity contribution in [1.82, 2.24) is 9.47 Å². The fourth-order valence-corrected chi connectivity index (χ4v) is 4.85. The Morgan fingerprint density at radius 1 is 1.15 bits per heavy atom. The van der Waals surface area contributed by atoms with Crippen LogP contribution in [0.15, 0.2) is 35.3 Å². The average Bonchev–Trinajstić information content (AvgIpc) is 2.80. The van der Waals surface area contributed by atoms with E-state index < -0.39 is 29.6 Å². The normalized spacial score (nSPS) is 21.0. The molecule has 2 aromatic rings. The van der Waals surface area contributed by atoms with Gasteiger partial charge in [0.05, 0.1) is 18.2 Å². The summed E-state index contributed by atoms with van der Waals surface area (Å²) in [6.45, 7) is 1.23. The minimum atomic E-state index is -1.30. The molecule has 1 aromatic heterocycles. The van der Waals surface area contributed by atoms with Crippen molar-refractivity contribution in [1.29, 1.82) is 0 Å². The number of carboxylic acid groups (broad SMARTS) is 2. The molecule has 4 rings (SSSR count). The highest BCUT2D eigenvalue weighted by Gasteiger charge is 2.46. The quantitative estimate of drug-likeness (QED) is 0.606. The van der Waals surface area contributed by atoms with Gasteiger partial charge >= 0.3 is 12.1 Å². The maximum absolute atomic E-state index is 12.5. The van der Waals surface area contributed by atoms with Crippen LogP contribution in [0, 0.1) is 0 Å². The highest BCUT2D eigenvalue weighted by molar-refractivity contribution is 5.88. The van der Waals surface area contributed by atoms with Gasteiger partial charge in [0.2, 0.25) is 0 Å². The molecular formula is C23H26N2O8. The molecule has 0 bridgehead atoms. The van der Waals surface area contributed by atoms with E-state index in [0.717, 1.165) is 5.56 Å². The Labute approximate surface area is 189 Å². The molecule has 1 amide bonds. The Morgan fingerprint density at radius 2 is 1.94 bits per heavy atom. The maximum Gasteiger partial charge on any atom is 0.409 e. The number of amides is 1. The molecule has 3 atom stereocenters. The van der Waals surface area contributed by atoms with Gasteiger partial charge in [-0.25, -0.2) is 9.59 Å². The van der Waals surface area contributed by atoms with Gasteiger partial charge in [-0.2, -0.15) is 0 Å². The molecule has 2 N–H and O–H groups in total. The molecule has 2 aliphatic heterocycles. The number of likely N-dealkylation sites (tertiary alicyclic amines) is 1. The number of carbonyl (C=O) groups is 2. The van der Waals surface area contributed by atoms with E-state index in [1.165, 1.54) is 24.3 Å². The summed E-state index contributed by atoms with van der Waals surface area (Å²) < 4.78 is 18.3. The summed E-state index contributed by atoms with van der Waals surface area (Å²) in [5.41, 5.74) is 1.19. The largest absolute Gasteiger partial charge is 0.493 e. The summed E-state index contributed by atoms with van der Waals surface area (Å²) in [5, 5.41) is 19.2. The van der Waals surface area contributed by atoms with E-state index in [2.05, 4.69) is 0 Å². The lowest BCUT2D eigenvalue weighted by molar-refractivity contribution is -0.0714. The zero-order chi connectivity index (χ0) is 23.7. The molecule has 1 saturated heterocycles. The molecule has 1 aromatic carbocycles. The number of pyridine rings is 1. The van der Waals surface area contributed by atoms with E-state index in [1.807, 2.05) is 12.1 Å². The Balaban J connectivity index is 1.85. The van der Waals surface area contributed by atoms with Crippen molar-refractivity contribution in [2.45, 2.75) is 31.0 Å². The molecule has 3 unspecified atom stereocenters. The number of carboxylic acids is 1. The monoisotopic (exact) mass is 458 g/mol. The van der Waals surface area contributed by atoms with Crippen molar-refractivity contribution in [3.05, 3.63) is 51.8 Å². The van der Waals surface area contributed by atoms with Crippen molar-refractivity contribution < 1.29 is 34.0 Å². The number of methoxy groups -OCH3 is 2. The Morgan fingerprint density at radius 3 is 2.61 bits per heavy atom. The standard InChI is InChI=1S/C23H26N2O8/c1-31-8-3-9-33-13-4-5-14-15(10-13)20-17(6-7-24(23(29)30)21(20)32-2)25-12-16(22(27)28)19(26)11-18(14)25/h4-5,10-12,17,20-21H,3,6-9H2,1-2H3,(H,27,28)(H,29,30). The van der Waals surface area contributed by atoms with E-state index in [0.29, 0.717) is 43.1 Å². The summed E-state index contributed by atoms with van der Waals surface area (Å²) in [7, 11) is 3.08. The van der Waals surface area contributed by atoms with Crippen LogP contribution in [0.1, 0.15) is 40.7 Å². The van der Waals surface area contributed by atoms with Gasteiger partial charge in [0.25, 0.3) is 0 Å². The first-order valence-electron chi connectivity index (χ1n) is 10.6. The number of rotatable bonds is 7. The molecule has 0 saturated carbocycles. The first-order valence-corrected chi connectivity index (χ1v) is 10.6. The summed E-state index contributed by atoms with van der Waals surface area (Å²) >= 11 is 0.